The van der Waals surface area contributed by atoms with Crippen LogP contribution < -0.4 is 5.73 Å². The van der Waals surface area contributed by atoms with Gasteiger partial charge in [-0.1, -0.05) is 50.6 Å². The lowest BCUT2D eigenvalue weighted by Crippen LogP contribution is -2.47. The summed E-state index contributed by atoms with van der Waals surface area (Å²) in [6, 6.07) is 11.3. The minimum absolute atomic E-state index is 0.486. The molecule has 2 unspecified atom stereocenters. The van der Waals surface area contributed by atoms with E-state index in [1.54, 1.807) is 0 Å². The van der Waals surface area contributed by atoms with Gasteiger partial charge in [0.1, 0.15) is 0 Å². The number of hydrogen-bond donors (Lipinski definition) is 1. The molecule has 1 aliphatic heterocycles. The first-order chi connectivity index (χ1) is 9.26. The van der Waals surface area contributed by atoms with Crippen molar-refractivity contribution >= 4 is 0 Å². The molecular weight excluding hydrogens is 232 g/mol. The molecule has 1 aliphatic rings. The molecule has 1 fully saturated rings. The molecule has 0 saturated carbocycles. The fourth-order valence-corrected chi connectivity index (χ4v) is 3.34. The highest BCUT2D eigenvalue weighted by atomic mass is 15.2. The summed E-state index contributed by atoms with van der Waals surface area (Å²) in [5.74, 6) is 1.45. The van der Waals surface area contributed by atoms with Gasteiger partial charge in [-0.15, -0.1) is 0 Å². The van der Waals surface area contributed by atoms with E-state index in [-0.39, 0.29) is 0 Å². The molecule has 1 aromatic rings. The summed E-state index contributed by atoms with van der Waals surface area (Å²) in [4.78, 5) is 2.61. The van der Waals surface area contributed by atoms with Crippen LogP contribution >= 0.6 is 0 Å². The topological polar surface area (TPSA) is 29.3 Å². The highest BCUT2D eigenvalue weighted by molar-refractivity contribution is 5.20. The Kier molecular flexibility index (Phi) is 5.41. The predicted octanol–water partition coefficient (Wildman–Crippen LogP) is 3.24. The van der Waals surface area contributed by atoms with Crippen LogP contribution in [-0.4, -0.2) is 30.6 Å². The minimum Gasteiger partial charge on any atom is -0.329 e. The molecule has 19 heavy (non-hydrogen) atoms. The van der Waals surface area contributed by atoms with Gasteiger partial charge in [0.2, 0.25) is 0 Å². The number of likely N-dealkylation sites (tertiary alicyclic amines) is 1. The van der Waals surface area contributed by atoms with Crippen LogP contribution in [0.1, 0.15) is 44.6 Å². The molecule has 2 atom stereocenters. The molecule has 0 bridgehead atoms. The van der Waals surface area contributed by atoms with Crippen molar-refractivity contribution in [2.24, 2.45) is 11.7 Å². The van der Waals surface area contributed by atoms with E-state index in [4.69, 9.17) is 5.73 Å². The van der Waals surface area contributed by atoms with Gasteiger partial charge in [0, 0.05) is 12.6 Å². The summed E-state index contributed by atoms with van der Waals surface area (Å²) in [6.07, 6.45) is 4.01. The summed E-state index contributed by atoms with van der Waals surface area (Å²) in [6.45, 7) is 7.83. The SMILES string of the molecule is CCC1CCN(C(CN)C(C)c2ccccc2)CC1. The quantitative estimate of drug-likeness (QED) is 0.880. The zero-order valence-electron chi connectivity index (χ0n) is 12.4. The Balaban J connectivity index is 2.00. The normalized spacial score (nSPS) is 21.2. The second-order valence-corrected chi connectivity index (χ2v) is 5.89. The first-order valence-corrected chi connectivity index (χ1v) is 7.75. The van der Waals surface area contributed by atoms with Crippen LogP contribution in [0, 0.1) is 5.92 Å². The molecule has 0 spiro atoms. The molecule has 0 aliphatic carbocycles. The first kappa shape index (κ1) is 14.5. The van der Waals surface area contributed by atoms with Crippen LogP contribution in [0.3, 0.4) is 0 Å². The molecular formula is C17H28N2. The predicted molar refractivity (Wildman–Crippen MR) is 82.3 cm³/mol. The monoisotopic (exact) mass is 260 g/mol. The van der Waals surface area contributed by atoms with E-state index in [2.05, 4.69) is 49.1 Å². The van der Waals surface area contributed by atoms with E-state index in [0.717, 1.165) is 12.5 Å². The fourth-order valence-electron chi connectivity index (χ4n) is 3.34. The highest BCUT2D eigenvalue weighted by Gasteiger charge is 2.27. The van der Waals surface area contributed by atoms with Crippen LogP contribution in [0.5, 0.6) is 0 Å². The minimum atomic E-state index is 0.486. The highest BCUT2D eigenvalue weighted by Crippen LogP contribution is 2.27. The Labute approximate surface area is 118 Å². The maximum Gasteiger partial charge on any atom is 0.0284 e. The van der Waals surface area contributed by atoms with Crippen molar-refractivity contribution in [3.8, 4) is 0 Å². The summed E-state index contributed by atoms with van der Waals surface area (Å²) < 4.78 is 0. The van der Waals surface area contributed by atoms with Gasteiger partial charge in [0.25, 0.3) is 0 Å². The number of nitrogens with zero attached hydrogens (tertiary/aromatic N) is 1. The van der Waals surface area contributed by atoms with Gasteiger partial charge in [-0.05, 0) is 43.3 Å². The summed E-state index contributed by atoms with van der Waals surface area (Å²) in [7, 11) is 0. The van der Waals surface area contributed by atoms with Gasteiger partial charge < -0.3 is 5.73 Å². The Morgan fingerprint density at radius 2 is 1.84 bits per heavy atom. The van der Waals surface area contributed by atoms with Gasteiger partial charge in [-0.3, -0.25) is 4.90 Å². The standard InChI is InChI=1S/C17H28N2/c1-3-15-9-11-19(12-10-15)17(13-18)14(2)16-7-5-4-6-8-16/h4-8,14-15,17H,3,9-13,18H2,1-2H3. The zero-order chi connectivity index (χ0) is 13.7. The fraction of sp³-hybridized carbons (Fsp3) is 0.647. The molecule has 0 radical (unpaired) electrons. The molecule has 0 aromatic heterocycles. The molecule has 1 aromatic carbocycles. The largest absolute Gasteiger partial charge is 0.329 e. The Bertz CT molecular complexity index is 355. The Morgan fingerprint density at radius 3 is 2.37 bits per heavy atom. The lowest BCUT2D eigenvalue weighted by molar-refractivity contribution is 0.120. The van der Waals surface area contributed by atoms with Crippen molar-refractivity contribution in [2.45, 2.75) is 45.1 Å². The lowest BCUT2D eigenvalue weighted by Gasteiger charge is -2.39. The second kappa shape index (κ2) is 7.06. The number of rotatable bonds is 5. The van der Waals surface area contributed by atoms with Crippen LogP contribution in [0.25, 0.3) is 0 Å². The van der Waals surface area contributed by atoms with E-state index in [1.807, 2.05) is 0 Å². The third kappa shape index (κ3) is 3.58. The van der Waals surface area contributed by atoms with E-state index >= 15 is 0 Å². The van der Waals surface area contributed by atoms with Gasteiger partial charge >= 0.3 is 0 Å². The summed E-state index contributed by atoms with van der Waals surface area (Å²) >= 11 is 0. The Morgan fingerprint density at radius 1 is 1.21 bits per heavy atom. The second-order valence-electron chi connectivity index (χ2n) is 5.89. The number of piperidine rings is 1. The van der Waals surface area contributed by atoms with E-state index in [9.17, 15) is 0 Å². The molecule has 106 valence electrons. The van der Waals surface area contributed by atoms with E-state index in [0.29, 0.717) is 12.0 Å². The van der Waals surface area contributed by atoms with E-state index in [1.165, 1.54) is 37.9 Å². The summed E-state index contributed by atoms with van der Waals surface area (Å²) in [5.41, 5.74) is 7.48. The third-order valence-electron chi connectivity index (χ3n) is 4.84. The van der Waals surface area contributed by atoms with Crippen LogP contribution in [0.2, 0.25) is 0 Å². The van der Waals surface area contributed by atoms with Crippen LogP contribution in [0.15, 0.2) is 30.3 Å². The van der Waals surface area contributed by atoms with Crippen molar-refractivity contribution in [3.05, 3.63) is 35.9 Å². The maximum atomic E-state index is 6.07. The van der Waals surface area contributed by atoms with Gasteiger partial charge in [-0.25, -0.2) is 0 Å². The van der Waals surface area contributed by atoms with Crippen molar-refractivity contribution in [3.63, 3.8) is 0 Å². The molecule has 1 heterocycles. The molecule has 2 heteroatoms. The zero-order valence-corrected chi connectivity index (χ0v) is 12.4. The Hall–Kier alpha value is -0.860. The van der Waals surface area contributed by atoms with Crippen molar-refractivity contribution in [1.82, 2.24) is 4.90 Å². The van der Waals surface area contributed by atoms with Crippen molar-refractivity contribution in [2.75, 3.05) is 19.6 Å². The number of hydrogen-bond acceptors (Lipinski definition) is 2. The van der Waals surface area contributed by atoms with Crippen molar-refractivity contribution < 1.29 is 0 Å². The number of nitrogens with two attached hydrogens (primary N) is 1. The molecule has 0 amide bonds. The number of benzene rings is 1. The molecule has 2 rings (SSSR count). The first-order valence-electron chi connectivity index (χ1n) is 7.75. The molecule has 2 N–H and O–H groups in total. The third-order valence-corrected chi connectivity index (χ3v) is 4.84. The summed E-state index contributed by atoms with van der Waals surface area (Å²) in [5, 5.41) is 0. The average molecular weight is 260 g/mol. The lowest BCUT2D eigenvalue weighted by atomic mass is 9.88. The molecule has 2 nitrogen and oxygen atoms in total. The van der Waals surface area contributed by atoms with Gasteiger partial charge in [0.05, 0.1) is 0 Å². The van der Waals surface area contributed by atoms with Crippen LogP contribution in [0.4, 0.5) is 0 Å². The smallest absolute Gasteiger partial charge is 0.0284 e. The van der Waals surface area contributed by atoms with Gasteiger partial charge in [0.15, 0.2) is 0 Å². The van der Waals surface area contributed by atoms with Crippen molar-refractivity contribution in [1.29, 1.82) is 0 Å². The van der Waals surface area contributed by atoms with Gasteiger partial charge in [-0.2, -0.15) is 0 Å². The molecule has 1 saturated heterocycles. The maximum absolute atomic E-state index is 6.07. The average Bonchev–Trinajstić information content (AvgIpc) is 2.49. The van der Waals surface area contributed by atoms with E-state index < -0.39 is 0 Å². The van der Waals surface area contributed by atoms with Crippen LogP contribution in [-0.2, 0) is 0 Å².